The van der Waals surface area contributed by atoms with Crippen LogP contribution >= 0.6 is 0 Å². The van der Waals surface area contributed by atoms with E-state index in [9.17, 15) is 13.5 Å². The Bertz CT molecular complexity index is 829. The van der Waals surface area contributed by atoms with Crippen molar-refractivity contribution in [3.05, 3.63) is 65.2 Å². The van der Waals surface area contributed by atoms with Gasteiger partial charge in [0.15, 0.2) is 0 Å². The second-order valence-electron chi connectivity index (χ2n) is 6.66. The molecule has 128 valence electrons. The molecule has 1 unspecified atom stereocenters. The maximum absolute atomic E-state index is 12.7. The predicted molar refractivity (Wildman–Crippen MR) is 94.2 cm³/mol. The fourth-order valence-electron chi connectivity index (χ4n) is 3.05. The summed E-state index contributed by atoms with van der Waals surface area (Å²) in [5.41, 5.74) is 1.19. The van der Waals surface area contributed by atoms with Gasteiger partial charge in [0.25, 0.3) is 0 Å². The predicted octanol–water partition coefficient (Wildman–Crippen LogP) is 2.88. The molecule has 0 amide bonds. The lowest BCUT2D eigenvalue weighted by Gasteiger charge is -2.29. The van der Waals surface area contributed by atoms with E-state index in [4.69, 9.17) is 0 Å². The van der Waals surface area contributed by atoms with Crippen LogP contribution in [0.4, 0.5) is 0 Å². The van der Waals surface area contributed by atoms with E-state index in [-0.39, 0.29) is 17.4 Å². The molecule has 0 heterocycles. The Morgan fingerprint density at radius 3 is 2.42 bits per heavy atom. The summed E-state index contributed by atoms with van der Waals surface area (Å²) >= 11 is 0. The van der Waals surface area contributed by atoms with Crippen LogP contribution in [-0.4, -0.2) is 20.1 Å². The number of benzene rings is 2. The molecule has 1 saturated carbocycles. The summed E-state index contributed by atoms with van der Waals surface area (Å²) in [4.78, 5) is 0.272. The average Bonchev–Trinajstić information content (AvgIpc) is 3.41. The zero-order valence-corrected chi connectivity index (χ0v) is 14.8. The topological polar surface area (TPSA) is 66.4 Å². The molecule has 1 aliphatic carbocycles. The van der Waals surface area contributed by atoms with Gasteiger partial charge in [0.2, 0.25) is 10.0 Å². The summed E-state index contributed by atoms with van der Waals surface area (Å²) < 4.78 is 28.0. The Kier molecular flexibility index (Phi) is 4.51. The van der Waals surface area contributed by atoms with E-state index in [0.29, 0.717) is 5.56 Å². The van der Waals surface area contributed by atoms with Gasteiger partial charge in [-0.2, -0.15) is 0 Å². The van der Waals surface area contributed by atoms with Crippen molar-refractivity contribution in [3.8, 4) is 0 Å². The highest BCUT2D eigenvalue weighted by atomic mass is 32.2. The fraction of sp³-hybridized carbons (Fsp3) is 0.368. The van der Waals surface area contributed by atoms with Crippen molar-refractivity contribution in [2.45, 2.75) is 37.2 Å². The SMILES string of the molecule is Cc1ccc(C)c(S(=O)(=O)NCC(O)(c2ccccc2)C2CC2)c1. The van der Waals surface area contributed by atoms with Gasteiger partial charge < -0.3 is 5.11 Å². The molecule has 0 aliphatic heterocycles. The molecular formula is C19H23NO3S. The molecule has 2 aromatic carbocycles. The number of sulfonamides is 1. The number of aryl methyl sites for hydroxylation is 2. The molecule has 1 aliphatic rings. The molecule has 1 atom stereocenters. The molecule has 1 fully saturated rings. The summed E-state index contributed by atoms with van der Waals surface area (Å²) in [6.07, 6.45) is 1.83. The standard InChI is InChI=1S/C19H23NO3S/c1-14-8-9-15(2)18(12-14)24(22,23)20-13-19(21,17-10-11-17)16-6-4-3-5-7-16/h3-9,12,17,20-21H,10-11,13H2,1-2H3. The third-order valence-electron chi connectivity index (χ3n) is 4.69. The maximum Gasteiger partial charge on any atom is 0.240 e. The second-order valence-corrected chi connectivity index (χ2v) is 8.39. The third kappa shape index (κ3) is 3.38. The van der Waals surface area contributed by atoms with Crippen molar-refractivity contribution in [1.29, 1.82) is 0 Å². The smallest absolute Gasteiger partial charge is 0.240 e. The molecule has 0 spiro atoms. The van der Waals surface area contributed by atoms with E-state index in [1.165, 1.54) is 0 Å². The molecule has 0 aromatic heterocycles. The van der Waals surface area contributed by atoms with Crippen LogP contribution in [0.25, 0.3) is 0 Å². The van der Waals surface area contributed by atoms with Crippen molar-refractivity contribution < 1.29 is 13.5 Å². The Morgan fingerprint density at radius 2 is 1.79 bits per heavy atom. The monoisotopic (exact) mass is 345 g/mol. The van der Waals surface area contributed by atoms with Gasteiger partial charge in [-0.05, 0) is 55.4 Å². The van der Waals surface area contributed by atoms with E-state index < -0.39 is 15.6 Å². The van der Waals surface area contributed by atoms with E-state index in [0.717, 1.165) is 24.0 Å². The normalized spacial score (nSPS) is 17.5. The molecule has 0 radical (unpaired) electrons. The molecule has 24 heavy (non-hydrogen) atoms. The van der Waals surface area contributed by atoms with Crippen LogP contribution < -0.4 is 4.72 Å². The van der Waals surface area contributed by atoms with Crippen molar-refractivity contribution in [1.82, 2.24) is 4.72 Å². The molecule has 5 heteroatoms. The van der Waals surface area contributed by atoms with Crippen molar-refractivity contribution in [3.63, 3.8) is 0 Å². The number of rotatable bonds is 6. The Labute approximate surface area is 143 Å². The second kappa shape index (κ2) is 6.31. The van der Waals surface area contributed by atoms with Crippen LogP contribution in [0.1, 0.15) is 29.5 Å². The van der Waals surface area contributed by atoms with Gasteiger partial charge in [0.05, 0.1) is 4.90 Å². The van der Waals surface area contributed by atoms with E-state index in [2.05, 4.69) is 4.72 Å². The Hall–Kier alpha value is -1.69. The highest BCUT2D eigenvalue weighted by Crippen LogP contribution is 2.45. The molecule has 0 saturated heterocycles. The van der Waals surface area contributed by atoms with Gasteiger partial charge in [-0.3, -0.25) is 0 Å². The highest BCUT2D eigenvalue weighted by molar-refractivity contribution is 7.89. The first kappa shape index (κ1) is 17.1. The Morgan fingerprint density at radius 1 is 1.12 bits per heavy atom. The first-order valence-electron chi connectivity index (χ1n) is 8.18. The summed E-state index contributed by atoms with van der Waals surface area (Å²) in [6, 6.07) is 14.7. The maximum atomic E-state index is 12.7. The zero-order chi connectivity index (χ0) is 17.4. The minimum absolute atomic E-state index is 0.0165. The van der Waals surface area contributed by atoms with Gasteiger partial charge in [-0.25, -0.2) is 13.1 Å². The molecule has 0 bridgehead atoms. The third-order valence-corrected chi connectivity index (χ3v) is 6.23. The van der Waals surface area contributed by atoms with Crippen LogP contribution in [0.5, 0.6) is 0 Å². The lowest BCUT2D eigenvalue weighted by Crippen LogP contribution is -2.42. The minimum atomic E-state index is -3.67. The summed E-state index contributed by atoms with van der Waals surface area (Å²) in [5, 5.41) is 11.1. The van der Waals surface area contributed by atoms with Gasteiger partial charge in [0.1, 0.15) is 5.60 Å². The largest absolute Gasteiger partial charge is 0.383 e. The van der Waals surface area contributed by atoms with Gasteiger partial charge in [-0.1, -0.05) is 42.5 Å². The van der Waals surface area contributed by atoms with Crippen LogP contribution in [-0.2, 0) is 15.6 Å². The number of hydrogen-bond acceptors (Lipinski definition) is 3. The first-order chi connectivity index (χ1) is 11.3. The molecule has 2 aromatic rings. The number of hydrogen-bond donors (Lipinski definition) is 2. The van der Waals surface area contributed by atoms with E-state index >= 15 is 0 Å². The summed E-state index contributed by atoms with van der Waals surface area (Å²) in [7, 11) is -3.67. The van der Waals surface area contributed by atoms with Crippen molar-refractivity contribution in [2.24, 2.45) is 5.92 Å². The zero-order valence-electron chi connectivity index (χ0n) is 14.0. The van der Waals surface area contributed by atoms with Crippen LogP contribution in [0.3, 0.4) is 0 Å². The fourth-order valence-corrected chi connectivity index (χ4v) is 4.45. The lowest BCUT2D eigenvalue weighted by atomic mass is 9.89. The lowest BCUT2D eigenvalue weighted by molar-refractivity contribution is 0.0185. The molecule has 4 nitrogen and oxygen atoms in total. The number of nitrogens with one attached hydrogen (secondary N) is 1. The van der Waals surface area contributed by atoms with Crippen LogP contribution in [0.15, 0.2) is 53.4 Å². The average molecular weight is 345 g/mol. The molecule has 2 N–H and O–H groups in total. The molecular weight excluding hydrogens is 322 g/mol. The summed E-state index contributed by atoms with van der Waals surface area (Å²) in [5.74, 6) is 0.0983. The highest BCUT2D eigenvalue weighted by Gasteiger charge is 2.45. The van der Waals surface area contributed by atoms with Gasteiger partial charge in [0, 0.05) is 6.54 Å². The van der Waals surface area contributed by atoms with Crippen LogP contribution in [0, 0.1) is 19.8 Å². The Balaban J connectivity index is 1.86. The van der Waals surface area contributed by atoms with E-state index in [1.54, 1.807) is 19.1 Å². The van der Waals surface area contributed by atoms with Gasteiger partial charge >= 0.3 is 0 Å². The quantitative estimate of drug-likeness (QED) is 0.846. The first-order valence-corrected chi connectivity index (χ1v) is 9.66. The summed E-state index contributed by atoms with van der Waals surface area (Å²) in [6.45, 7) is 3.62. The van der Waals surface area contributed by atoms with Gasteiger partial charge in [-0.15, -0.1) is 0 Å². The van der Waals surface area contributed by atoms with Crippen molar-refractivity contribution >= 4 is 10.0 Å². The molecule has 3 rings (SSSR count). The van der Waals surface area contributed by atoms with Crippen molar-refractivity contribution in [2.75, 3.05) is 6.54 Å². The number of aliphatic hydroxyl groups is 1. The van der Waals surface area contributed by atoms with Crippen LogP contribution in [0.2, 0.25) is 0 Å². The van der Waals surface area contributed by atoms with E-state index in [1.807, 2.05) is 43.3 Å². The minimum Gasteiger partial charge on any atom is -0.383 e.